The minimum Gasteiger partial charge on any atom is -0.381 e. The number of aromatic nitrogens is 2. The Hall–Kier alpha value is -1.43. The summed E-state index contributed by atoms with van der Waals surface area (Å²) >= 11 is 12.0. The number of rotatable bonds is 3. The Kier molecular flexibility index (Phi) is 4.33. The van der Waals surface area contributed by atoms with Crippen LogP contribution in [-0.2, 0) is 9.53 Å². The van der Waals surface area contributed by atoms with Gasteiger partial charge in [0, 0.05) is 30.7 Å². The zero-order valence-electron chi connectivity index (χ0n) is 13.0. The highest BCUT2D eigenvalue weighted by molar-refractivity contribution is 6.36. The van der Waals surface area contributed by atoms with Gasteiger partial charge >= 0.3 is 0 Å². The van der Waals surface area contributed by atoms with Crippen molar-refractivity contribution >= 4 is 45.7 Å². The number of nitrogens with zero attached hydrogens (tertiary/aromatic N) is 2. The van der Waals surface area contributed by atoms with Crippen molar-refractivity contribution in [3.63, 3.8) is 0 Å². The van der Waals surface area contributed by atoms with Gasteiger partial charge in [0.25, 0.3) is 0 Å². The lowest BCUT2D eigenvalue weighted by Crippen LogP contribution is -2.21. The van der Waals surface area contributed by atoms with Crippen LogP contribution in [0.1, 0.15) is 19.3 Å². The Morgan fingerprint density at radius 3 is 2.83 bits per heavy atom. The fraction of sp³-hybridized carbons (Fsp3) is 0.471. The first-order valence-corrected chi connectivity index (χ1v) is 8.88. The van der Waals surface area contributed by atoms with Crippen LogP contribution in [0.25, 0.3) is 10.8 Å². The van der Waals surface area contributed by atoms with E-state index in [-0.39, 0.29) is 11.8 Å². The average molecular weight is 366 g/mol. The van der Waals surface area contributed by atoms with Gasteiger partial charge in [-0.05, 0) is 48.6 Å². The zero-order valence-corrected chi connectivity index (χ0v) is 14.5. The van der Waals surface area contributed by atoms with Gasteiger partial charge in [-0.25, -0.2) is 9.97 Å². The first kappa shape index (κ1) is 16.1. The summed E-state index contributed by atoms with van der Waals surface area (Å²) in [6.07, 6.45) is 4.70. The van der Waals surface area contributed by atoms with Gasteiger partial charge in [0.15, 0.2) is 0 Å². The maximum Gasteiger partial charge on any atom is 0.228 e. The Balaban J connectivity index is 1.45. The van der Waals surface area contributed by atoms with Crippen molar-refractivity contribution in [1.82, 2.24) is 9.97 Å². The molecule has 0 radical (unpaired) electrons. The van der Waals surface area contributed by atoms with E-state index in [1.807, 2.05) is 0 Å². The SMILES string of the molecule is O=C(Nc1cc2cc(Cl)nc(Cl)c2cn1)C1CC1C1CCOCC1. The lowest BCUT2D eigenvalue weighted by molar-refractivity contribution is -0.117. The van der Waals surface area contributed by atoms with Gasteiger partial charge in [0.1, 0.15) is 16.1 Å². The van der Waals surface area contributed by atoms with Crippen LogP contribution in [0.4, 0.5) is 5.82 Å². The van der Waals surface area contributed by atoms with Crippen molar-refractivity contribution in [3.05, 3.63) is 28.6 Å². The summed E-state index contributed by atoms with van der Waals surface area (Å²) in [5, 5.41) is 5.06. The molecule has 2 aromatic rings. The van der Waals surface area contributed by atoms with Crippen molar-refractivity contribution in [2.45, 2.75) is 19.3 Å². The molecule has 3 heterocycles. The second kappa shape index (κ2) is 6.47. The third-order valence-electron chi connectivity index (χ3n) is 4.94. The van der Waals surface area contributed by atoms with E-state index in [0.717, 1.165) is 37.9 Å². The van der Waals surface area contributed by atoms with Gasteiger partial charge in [-0.1, -0.05) is 23.2 Å². The number of carbonyl (C=O) groups is 1. The summed E-state index contributed by atoms with van der Waals surface area (Å²) in [5.74, 6) is 1.76. The van der Waals surface area contributed by atoms with Crippen LogP contribution >= 0.6 is 23.2 Å². The molecular weight excluding hydrogens is 349 g/mol. The maximum absolute atomic E-state index is 12.5. The molecule has 24 heavy (non-hydrogen) atoms. The van der Waals surface area contributed by atoms with Gasteiger partial charge < -0.3 is 10.1 Å². The Labute approximate surface area is 149 Å². The highest BCUT2D eigenvalue weighted by Crippen LogP contribution is 2.48. The monoisotopic (exact) mass is 365 g/mol. The number of pyridine rings is 2. The highest BCUT2D eigenvalue weighted by atomic mass is 35.5. The molecular formula is C17H17Cl2N3O2. The number of nitrogens with one attached hydrogen (secondary N) is 1. The largest absolute Gasteiger partial charge is 0.381 e. The first-order valence-electron chi connectivity index (χ1n) is 8.12. The Bertz CT molecular complexity index is 793. The molecule has 0 spiro atoms. The minimum absolute atomic E-state index is 0.0459. The molecule has 2 fully saturated rings. The second-order valence-corrected chi connectivity index (χ2v) is 7.22. The van der Waals surface area contributed by atoms with Gasteiger partial charge in [0.2, 0.25) is 5.91 Å². The van der Waals surface area contributed by atoms with E-state index in [1.165, 1.54) is 0 Å². The van der Waals surface area contributed by atoms with Gasteiger partial charge in [0.05, 0.1) is 0 Å². The Morgan fingerprint density at radius 2 is 2.04 bits per heavy atom. The van der Waals surface area contributed by atoms with E-state index >= 15 is 0 Å². The maximum atomic E-state index is 12.5. The van der Waals surface area contributed by atoms with Gasteiger partial charge in [-0.2, -0.15) is 0 Å². The molecule has 7 heteroatoms. The van der Waals surface area contributed by atoms with E-state index < -0.39 is 0 Å². The highest BCUT2D eigenvalue weighted by Gasteiger charge is 2.47. The number of ether oxygens (including phenoxy) is 1. The fourth-order valence-corrected chi connectivity index (χ4v) is 4.04. The molecule has 4 rings (SSSR count). The van der Waals surface area contributed by atoms with Crippen LogP contribution in [0.2, 0.25) is 10.3 Å². The molecule has 1 aliphatic carbocycles. The summed E-state index contributed by atoms with van der Waals surface area (Å²) in [6, 6.07) is 3.49. The molecule has 0 aromatic carbocycles. The van der Waals surface area contributed by atoms with Crippen LogP contribution in [-0.4, -0.2) is 29.1 Å². The predicted molar refractivity (Wildman–Crippen MR) is 93.3 cm³/mol. The van der Waals surface area contributed by atoms with Crippen LogP contribution in [0, 0.1) is 17.8 Å². The molecule has 2 atom stereocenters. The lowest BCUT2D eigenvalue weighted by atomic mass is 9.93. The van der Waals surface area contributed by atoms with Crippen molar-refractivity contribution in [2.75, 3.05) is 18.5 Å². The molecule has 5 nitrogen and oxygen atoms in total. The van der Waals surface area contributed by atoms with Crippen molar-refractivity contribution < 1.29 is 9.53 Å². The molecule has 1 saturated heterocycles. The molecule has 2 aromatic heterocycles. The molecule has 2 unspecified atom stereocenters. The average Bonchev–Trinajstić information content (AvgIpc) is 3.36. The van der Waals surface area contributed by atoms with E-state index in [4.69, 9.17) is 27.9 Å². The summed E-state index contributed by atoms with van der Waals surface area (Å²) in [7, 11) is 0. The van der Waals surface area contributed by atoms with Gasteiger partial charge in [-0.3, -0.25) is 4.79 Å². The molecule has 126 valence electrons. The van der Waals surface area contributed by atoms with Crippen LogP contribution in [0.15, 0.2) is 18.3 Å². The standard InChI is InChI=1S/C17H17Cl2N3O2/c18-14-5-10-6-15(20-8-13(10)16(19)21-14)22-17(23)12-7-11(12)9-1-3-24-4-2-9/h5-6,8-9,11-12H,1-4,7H2,(H,20,22,23). The van der Waals surface area contributed by atoms with Crippen molar-refractivity contribution in [1.29, 1.82) is 0 Å². The topological polar surface area (TPSA) is 64.1 Å². The summed E-state index contributed by atoms with van der Waals surface area (Å²) in [4.78, 5) is 20.7. The zero-order chi connectivity index (χ0) is 16.7. The minimum atomic E-state index is 0.0459. The number of carbonyl (C=O) groups excluding carboxylic acids is 1. The first-order chi connectivity index (χ1) is 11.6. The van der Waals surface area contributed by atoms with Gasteiger partial charge in [-0.15, -0.1) is 0 Å². The van der Waals surface area contributed by atoms with Crippen molar-refractivity contribution in [2.24, 2.45) is 17.8 Å². The second-order valence-electron chi connectivity index (χ2n) is 6.47. The Morgan fingerprint density at radius 1 is 1.25 bits per heavy atom. The summed E-state index contributed by atoms with van der Waals surface area (Å²) < 4.78 is 5.39. The normalized spacial score (nSPS) is 24.1. The predicted octanol–water partition coefficient (Wildman–Crippen LogP) is 3.94. The third kappa shape index (κ3) is 3.21. The molecule has 1 aliphatic heterocycles. The lowest BCUT2D eigenvalue weighted by Gasteiger charge is -2.21. The number of hydrogen-bond donors (Lipinski definition) is 1. The van der Waals surface area contributed by atoms with E-state index in [0.29, 0.717) is 33.3 Å². The molecule has 1 saturated carbocycles. The fourth-order valence-electron chi connectivity index (χ4n) is 3.55. The molecule has 1 N–H and O–H groups in total. The molecule has 2 aliphatic rings. The number of halogens is 2. The third-order valence-corrected chi connectivity index (χ3v) is 5.42. The van der Waals surface area contributed by atoms with Crippen molar-refractivity contribution in [3.8, 4) is 0 Å². The molecule has 1 amide bonds. The summed E-state index contributed by atoms with van der Waals surface area (Å²) in [6.45, 7) is 1.63. The number of fused-ring (bicyclic) bond motifs is 1. The number of hydrogen-bond acceptors (Lipinski definition) is 4. The van der Waals surface area contributed by atoms with Crippen LogP contribution in [0.3, 0.4) is 0 Å². The summed E-state index contributed by atoms with van der Waals surface area (Å²) in [5.41, 5.74) is 0. The smallest absolute Gasteiger partial charge is 0.228 e. The van der Waals surface area contributed by atoms with Crippen LogP contribution < -0.4 is 5.32 Å². The van der Waals surface area contributed by atoms with E-state index in [9.17, 15) is 4.79 Å². The number of anilines is 1. The van der Waals surface area contributed by atoms with Crippen LogP contribution in [0.5, 0.6) is 0 Å². The van der Waals surface area contributed by atoms with E-state index in [2.05, 4.69) is 15.3 Å². The van der Waals surface area contributed by atoms with E-state index in [1.54, 1.807) is 18.3 Å². The number of amides is 1. The molecule has 0 bridgehead atoms. The quantitative estimate of drug-likeness (QED) is 0.836.